The fourth-order valence-corrected chi connectivity index (χ4v) is 1.57. The van der Waals surface area contributed by atoms with Crippen molar-refractivity contribution in [2.45, 2.75) is 38.5 Å². The highest BCUT2D eigenvalue weighted by molar-refractivity contribution is 6.25. The zero-order valence-corrected chi connectivity index (χ0v) is 12.2. The van der Waals surface area contributed by atoms with Crippen molar-refractivity contribution in [3.05, 3.63) is 0 Å². The Kier molecular flexibility index (Phi) is 15.5. The molecule has 6 heteroatoms. The monoisotopic (exact) mass is 279 g/mol. The molecule has 18 heavy (non-hydrogen) atoms. The molecule has 0 aromatic carbocycles. The maximum absolute atomic E-state index is 10.9. The fraction of sp³-hybridized carbons (Fsp3) is 0.833. The molecule has 0 aliphatic carbocycles. The predicted octanol–water partition coefficient (Wildman–Crippen LogP) is 1.89. The molecule has 0 aliphatic rings. The van der Waals surface area contributed by atoms with Gasteiger partial charge in [0.25, 0.3) is 5.91 Å². The van der Waals surface area contributed by atoms with Gasteiger partial charge in [-0.05, 0) is 33.5 Å². The van der Waals surface area contributed by atoms with Gasteiger partial charge in [0.05, 0.1) is 0 Å². The van der Waals surface area contributed by atoms with Crippen molar-refractivity contribution < 1.29 is 10.0 Å². The Labute approximate surface area is 116 Å². The number of carbonyl (C=O) groups excluding carboxylic acids is 1. The minimum absolute atomic E-state index is 0. The number of nitrogens with one attached hydrogen (secondary N) is 1. The third-order valence-electron chi connectivity index (χ3n) is 2.51. The molecule has 0 radical (unpaired) electrons. The van der Waals surface area contributed by atoms with Crippen LogP contribution in [0.4, 0.5) is 0 Å². The van der Waals surface area contributed by atoms with Gasteiger partial charge in [-0.15, -0.1) is 12.4 Å². The third-order valence-corrected chi connectivity index (χ3v) is 2.51. The van der Waals surface area contributed by atoms with E-state index in [0.717, 1.165) is 25.6 Å². The lowest BCUT2D eigenvalue weighted by molar-refractivity contribution is -0.114. The largest absolute Gasteiger partial charge is 0.411 e. The van der Waals surface area contributed by atoms with Crippen molar-refractivity contribution in [3.63, 3.8) is 0 Å². The van der Waals surface area contributed by atoms with Crippen molar-refractivity contribution in [2.75, 3.05) is 27.2 Å². The van der Waals surface area contributed by atoms with Crippen LogP contribution in [0.1, 0.15) is 38.5 Å². The molecular weight excluding hydrogens is 254 g/mol. The van der Waals surface area contributed by atoms with Gasteiger partial charge in [0.2, 0.25) is 0 Å². The number of hydrogen-bond donors (Lipinski definition) is 2. The zero-order valence-electron chi connectivity index (χ0n) is 11.4. The van der Waals surface area contributed by atoms with Gasteiger partial charge < -0.3 is 15.4 Å². The summed E-state index contributed by atoms with van der Waals surface area (Å²) < 4.78 is 0. The van der Waals surface area contributed by atoms with Crippen LogP contribution in [0.15, 0.2) is 5.16 Å². The molecule has 0 saturated carbocycles. The number of amides is 1. The molecule has 0 bridgehead atoms. The quantitative estimate of drug-likeness (QED) is 0.278. The second-order valence-electron chi connectivity index (χ2n) is 4.46. The average Bonchev–Trinajstić information content (AvgIpc) is 2.27. The molecule has 0 atom stereocenters. The van der Waals surface area contributed by atoms with Crippen molar-refractivity contribution in [3.8, 4) is 0 Å². The summed E-state index contributed by atoms with van der Waals surface area (Å²) in [6.45, 7) is 1.82. The Morgan fingerprint density at radius 1 is 1.17 bits per heavy atom. The molecule has 1 amide bonds. The van der Waals surface area contributed by atoms with Crippen LogP contribution in [0.5, 0.6) is 0 Å². The lowest BCUT2D eigenvalue weighted by atomic mass is 10.1. The van der Waals surface area contributed by atoms with E-state index in [1.807, 2.05) is 0 Å². The Balaban J connectivity index is 0. The SMILES string of the molecule is CN(C)CCCCCCCCNC(=O)C=NO.Cl. The van der Waals surface area contributed by atoms with Crippen molar-refractivity contribution >= 4 is 24.5 Å². The summed E-state index contributed by atoms with van der Waals surface area (Å²) in [4.78, 5) is 13.1. The first kappa shape index (κ1) is 19.5. The zero-order chi connectivity index (χ0) is 12.9. The molecular formula is C12H26ClN3O2. The fourth-order valence-electron chi connectivity index (χ4n) is 1.57. The van der Waals surface area contributed by atoms with Crippen LogP contribution < -0.4 is 5.32 Å². The van der Waals surface area contributed by atoms with Gasteiger partial charge in [-0.3, -0.25) is 4.79 Å². The Bertz CT molecular complexity index is 223. The van der Waals surface area contributed by atoms with Gasteiger partial charge in [0, 0.05) is 6.54 Å². The van der Waals surface area contributed by atoms with E-state index in [2.05, 4.69) is 29.5 Å². The number of unbranched alkanes of at least 4 members (excludes halogenated alkanes) is 5. The van der Waals surface area contributed by atoms with E-state index in [-0.39, 0.29) is 18.3 Å². The summed E-state index contributed by atoms with van der Waals surface area (Å²) in [5.74, 6) is -0.335. The highest BCUT2D eigenvalue weighted by atomic mass is 35.5. The van der Waals surface area contributed by atoms with Gasteiger partial charge >= 0.3 is 0 Å². The predicted molar refractivity (Wildman–Crippen MR) is 76.8 cm³/mol. The van der Waals surface area contributed by atoms with E-state index < -0.39 is 0 Å². The standard InChI is InChI=1S/C12H25N3O2.ClH/c1-15(2)10-8-6-4-3-5-7-9-13-12(16)11-14-17;/h11,17H,3-10H2,1-2H3,(H,13,16);1H. The van der Waals surface area contributed by atoms with E-state index in [4.69, 9.17) is 5.21 Å². The first-order valence-electron chi connectivity index (χ1n) is 6.27. The number of carbonyl (C=O) groups is 1. The lowest BCUT2D eigenvalue weighted by Gasteiger charge is -2.08. The summed E-state index contributed by atoms with van der Waals surface area (Å²) in [7, 11) is 4.19. The Morgan fingerprint density at radius 2 is 1.72 bits per heavy atom. The number of rotatable bonds is 10. The van der Waals surface area contributed by atoms with Gasteiger partial charge in [-0.25, -0.2) is 0 Å². The van der Waals surface area contributed by atoms with Crippen molar-refractivity contribution in [1.82, 2.24) is 10.2 Å². The van der Waals surface area contributed by atoms with Crippen molar-refractivity contribution in [1.29, 1.82) is 0 Å². The second-order valence-corrected chi connectivity index (χ2v) is 4.46. The smallest absolute Gasteiger partial charge is 0.265 e. The highest BCUT2D eigenvalue weighted by Crippen LogP contribution is 2.05. The van der Waals surface area contributed by atoms with E-state index in [1.54, 1.807) is 0 Å². The minimum atomic E-state index is -0.335. The Hall–Kier alpha value is -0.810. The lowest BCUT2D eigenvalue weighted by Crippen LogP contribution is -2.25. The van der Waals surface area contributed by atoms with E-state index >= 15 is 0 Å². The van der Waals surface area contributed by atoms with E-state index in [1.165, 1.54) is 25.7 Å². The number of halogens is 1. The molecule has 0 saturated heterocycles. The number of hydrogen-bond acceptors (Lipinski definition) is 4. The van der Waals surface area contributed by atoms with E-state index in [9.17, 15) is 4.79 Å². The minimum Gasteiger partial charge on any atom is -0.411 e. The molecule has 0 heterocycles. The van der Waals surface area contributed by atoms with Crippen LogP contribution in [0.25, 0.3) is 0 Å². The molecule has 0 rings (SSSR count). The molecule has 108 valence electrons. The second kappa shape index (κ2) is 14.3. The first-order chi connectivity index (χ1) is 8.16. The molecule has 0 spiro atoms. The number of nitrogens with zero attached hydrogens (tertiary/aromatic N) is 2. The summed E-state index contributed by atoms with van der Waals surface area (Å²) in [5.41, 5.74) is 0. The van der Waals surface area contributed by atoms with Crippen LogP contribution in [-0.4, -0.2) is 49.4 Å². The normalized spacial score (nSPS) is 10.6. The van der Waals surface area contributed by atoms with Crippen LogP contribution in [0, 0.1) is 0 Å². The van der Waals surface area contributed by atoms with Crippen LogP contribution in [0.2, 0.25) is 0 Å². The molecule has 5 nitrogen and oxygen atoms in total. The molecule has 0 unspecified atom stereocenters. The maximum atomic E-state index is 10.9. The Morgan fingerprint density at radius 3 is 2.28 bits per heavy atom. The molecule has 0 aromatic heterocycles. The van der Waals surface area contributed by atoms with Crippen molar-refractivity contribution in [2.24, 2.45) is 5.16 Å². The van der Waals surface area contributed by atoms with E-state index in [0.29, 0.717) is 6.54 Å². The summed E-state index contributed by atoms with van der Waals surface area (Å²) in [6.07, 6.45) is 8.02. The number of oxime groups is 1. The van der Waals surface area contributed by atoms with Crippen LogP contribution in [-0.2, 0) is 4.79 Å². The highest BCUT2D eigenvalue weighted by Gasteiger charge is 1.96. The van der Waals surface area contributed by atoms with Gasteiger partial charge in [-0.1, -0.05) is 30.8 Å². The molecule has 0 aliphatic heterocycles. The van der Waals surface area contributed by atoms with Gasteiger partial charge in [0.1, 0.15) is 6.21 Å². The van der Waals surface area contributed by atoms with Crippen LogP contribution >= 0.6 is 12.4 Å². The summed E-state index contributed by atoms with van der Waals surface area (Å²) in [5, 5.41) is 13.4. The average molecular weight is 280 g/mol. The van der Waals surface area contributed by atoms with Gasteiger partial charge in [0.15, 0.2) is 0 Å². The molecule has 2 N–H and O–H groups in total. The molecule has 0 aromatic rings. The first-order valence-corrected chi connectivity index (χ1v) is 6.27. The van der Waals surface area contributed by atoms with Gasteiger partial charge in [-0.2, -0.15) is 0 Å². The third kappa shape index (κ3) is 15.2. The maximum Gasteiger partial charge on any atom is 0.265 e. The molecule has 0 fully saturated rings. The van der Waals surface area contributed by atoms with Crippen LogP contribution in [0.3, 0.4) is 0 Å². The topological polar surface area (TPSA) is 64.9 Å². The summed E-state index contributed by atoms with van der Waals surface area (Å²) >= 11 is 0. The summed E-state index contributed by atoms with van der Waals surface area (Å²) in [6, 6.07) is 0.